The minimum Gasteiger partial charge on any atom is -0.378 e. The molecule has 3 rings (SSSR count). The van der Waals surface area contributed by atoms with Crippen LogP contribution >= 0.6 is 0 Å². The molecule has 1 unspecified atom stereocenters. The molecule has 3 aliphatic rings. The summed E-state index contributed by atoms with van der Waals surface area (Å²) in [6.45, 7) is 14.1. The van der Waals surface area contributed by atoms with E-state index in [2.05, 4.69) is 33.0 Å². The van der Waals surface area contributed by atoms with Crippen LogP contribution in [0.25, 0.3) is 0 Å². The first-order valence-corrected chi connectivity index (χ1v) is 9.12. The van der Waals surface area contributed by atoms with Gasteiger partial charge < -0.3 is 10.1 Å². The zero-order valence-corrected chi connectivity index (χ0v) is 15.1. The lowest BCUT2D eigenvalue weighted by Gasteiger charge is -2.54. The third-order valence-corrected chi connectivity index (χ3v) is 7.02. The van der Waals surface area contributed by atoms with Crippen LogP contribution in [0.4, 0.5) is 0 Å². The zero-order valence-electron chi connectivity index (χ0n) is 15.1. The van der Waals surface area contributed by atoms with Gasteiger partial charge in [0, 0.05) is 18.6 Å². The first-order valence-electron chi connectivity index (χ1n) is 9.12. The molecule has 3 fully saturated rings. The molecule has 0 radical (unpaired) electrons. The molecule has 1 heterocycles. The van der Waals surface area contributed by atoms with Crippen LogP contribution in [0.1, 0.15) is 60.8 Å². The Morgan fingerprint density at radius 1 is 1.23 bits per heavy atom. The second kappa shape index (κ2) is 5.22. The van der Waals surface area contributed by atoms with Gasteiger partial charge in [-0.3, -0.25) is 4.79 Å². The van der Waals surface area contributed by atoms with E-state index in [4.69, 9.17) is 4.74 Å². The number of carbonyl (C=O) groups is 1. The van der Waals surface area contributed by atoms with E-state index in [1.54, 1.807) is 0 Å². The summed E-state index contributed by atoms with van der Waals surface area (Å²) in [6, 6.07) is 0.309. The molecule has 1 N–H and O–H groups in total. The van der Waals surface area contributed by atoms with Crippen LogP contribution in [-0.2, 0) is 9.53 Å². The topological polar surface area (TPSA) is 38.3 Å². The monoisotopic (exact) mass is 307 g/mol. The van der Waals surface area contributed by atoms with Gasteiger partial charge in [0.15, 0.2) is 0 Å². The van der Waals surface area contributed by atoms with E-state index >= 15 is 0 Å². The molecule has 5 atom stereocenters. The molecule has 0 aromatic rings. The molecule has 3 heteroatoms. The predicted octanol–water partition coefficient (Wildman–Crippen LogP) is 3.62. The smallest absolute Gasteiger partial charge is 0.222 e. The average Bonchev–Trinajstić information content (AvgIpc) is 2.91. The first-order chi connectivity index (χ1) is 10.2. The molecule has 22 heavy (non-hydrogen) atoms. The van der Waals surface area contributed by atoms with Gasteiger partial charge in [-0.1, -0.05) is 41.5 Å². The first kappa shape index (κ1) is 16.3. The van der Waals surface area contributed by atoms with Crippen molar-refractivity contribution < 1.29 is 9.53 Å². The van der Waals surface area contributed by atoms with Crippen LogP contribution in [0, 0.1) is 34.5 Å². The Bertz CT molecular complexity index is 456. The molecule has 3 nitrogen and oxygen atoms in total. The molecule has 2 aliphatic carbocycles. The quantitative estimate of drug-likeness (QED) is 0.865. The molecule has 2 saturated carbocycles. The van der Waals surface area contributed by atoms with Crippen LogP contribution in [0.3, 0.4) is 0 Å². The van der Waals surface area contributed by atoms with E-state index in [0.29, 0.717) is 24.0 Å². The third-order valence-electron chi connectivity index (χ3n) is 7.02. The Kier molecular flexibility index (Phi) is 3.87. The van der Waals surface area contributed by atoms with Crippen LogP contribution < -0.4 is 5.32 Å². The summed E-state index contributed by atoms with van der Waals surface area (Å²) < 4.78 is 6.16. The van der Waals surface area contributed by atoms with Crippen LogP contribution in [0.15, 0.2) is 0 Å². The third kappa shape index (κ3) is 2.15. The largest absolute Gasteiger partial charge is 0.378 e. The van der Waals surface area contributed by atoms with Gasteiger partial charge in [0.2, 0.25) is 5.91 Å². The Hall–Kier alpha value is -0.570. The summed E-state index contributed by atoms with van der Waals surface area (Å²) in [6.07, 6.45) is 4.04. The molecule has 1 aliphatic heterocycles. The SMILES string of the molecule is CC(C)C(=O)N[C@H]1C(C)(C)[C@@H]2C[C@@H]3[C@@H](C(C)C)OCCC31C2. The number of hydrogen-bond donors (Lipinski definition) is 1. The number of amides is 1. The molecular weight excluding hydrogens is 274 g/mol. The Morgan fingerprint density at radius 3 is 2.50 bits per heavy atom. The fourth-order valence-corrected chi connectivity index (χ4v) is 5.80. The molecule has 126 valence electrons. The van der Waals surface area contributed by atoms with Gasteiger partial charge in [-0.05, 0) is 47.8 Å². The molecule has 0 aromatic heterocycles. The number of nitrogens with one attached hydrogen (secondary N) is 1. The standard InChI is InChI=1S/C19H33NO2/c1-11(2)15-14-9-13-10-19(14,7-8-22-15)17(18(13,5)6)20-16(21)12(3)4/h11-15,17H,7-10H2,1-6H3,(H,20,21)/t13-,14-,15-,17+,19?/m1/s1. The highest BCUT2D eigenvalue weighted by atomic mass is 16.5. The lowest BCUT2D eigenvalue weighted by atomic mass is 9.58. The van der Waals surface area contributed by atoms with Gasteiger partial charge in [0.25, 0.3) is 0 Å². The summed E-state index contributed by atoms with van der Waals surface area (Å²) >= 11 is 0. The highest BCUT2D eigenvalue weighted by molar-refractivity contribution is 5.78. The second-order valence-corrected chi connectivity index (χ2v) is 9.22. The van der Waals surface area contributed by atoms with E-state index < -0.39 is 0 Å². The van der Waals surface area contributed by atoms with Crippen molar-refractivity contribution in [2.75, 3.05) is 6.61 Å². The number of carbonyl (C=O) groups excluding carboxylic acids is 1. The van der Waals surface area contributed by atoms with Gasteiger partial charge >= 0.3 is 0 Å². The van der Waals surface area contributed by atoms with E-state index in [9.17, 15) is 4.79 Å². The molecule has 1 saturated heterocycles. The summed E-state index contributed by atoms with van der Waals surface area (Å²) in [5.74, 6) is 2.18. The Morgan fingerprint density at radius 2 is 1.91 bits per heavy atom. The maximum absolute atomic E-state index is 12.4. The number of rotatable bonds is 3. The van der Waals surface area contributed by atoms with Crippen LogP contribution in [-0.4, -0.2) is 24.7 Å². The highest BCUT2D eigenvalue weighted by Crippen LogP contribution is 2.69. The Balaban J connectivity index is 1.92. The molecule has 1 amide bonds. The molecule has 1 spiro atoms. The van der Waals surface area contributed by atoms with E-state index in [-0.39, 0.29) is 22.7 Å². The van der Waals surface area contributed by atoms with Crippen molar-refractivity contribution in [2.45, 2.75) is 73.0 Å². The van der Waals surface area contributed by atoms with Gasteiger partial charge in [-0.25, -0.2) is 0 Å². The van der Waals surface area contributed by atoms with Crippen LogP contribution in [0.2, 0.25) is 0 Å². The molecule has 2 bridgehead atoms. The maximum atomic E-state index is 12.4. The van der Waals surface area contributed by atoms with Crippen molar-refractivity contribution >= 4 is 5.91 Å². The van der Waals surface area contributed by atoms with Crippen molar-refractivity contribution in [1.29, 1.82) is 0 Å². The Labute approximate surface area is 135 Å². The average molecular weight is 307 g/mol. The highest BCUT2D eigenvalue weighted by Gasteiger charge is 2.68. The minimum absolute atomic E-state index is 0.0607. The summed E-state index contributed by atoms with van der Waals surface area (Å²) in [5, 5.41) is 3.45. The fourth-order valence-electron chi connectivity index (χ4n) is 5.80. The number of ether oxygens (including phenoxy) is 1. The molecule has 0 aromatic carbocycles. The number of hydrogen-bond acceptors (Lipinski definition) is 2. The lowest BCUT2D eigenvalue weighted by Crippen LogP contribution is -2.61. The van der Waals surface area contributed by atoms with Crippen molar-refractivity contribution in [3.63, 3.8) is 0 Å². The fraction of sp³-hybridized carbons (Fsp3) is 0.947. The minimum atomic E-state index is 0.0607. The zero-order chi connectivity index (χ0) is 16.3. The van der Waals surface area contributed by atoms with Gasteiger partial charge in [0.1, 0.15) is 0 Å². The summed E-state index contributed by atoms with van der Waals surface area (Å²) in [7, 11) is 0. The van der Waals surface area contributed by atoms with E-state index in [0.717, 1.165) is 18.9 Å². The van der Waals surface area contributed by atoms with Gasteiger partial charge in [-0.15, -0.1) is 0 Å². The normalized spacial score (nSPS) is 42.7. The van der Waals surface area contributed by atoms with E-state index in [1.165, 1.54) is 12.8 Å². The van der Waals surface area contributed by atoms with Crippen LogP contribution in [0.5, 0.6) is 0 Å². The van der Waals surface area contributed by atoms with Crippen molar-refractivity contribution in [3.8, 4) is 0 Å². The van der Waals surface area contributed by atoms with Crippen molar-refractivity contribution in [1.82, 2.24) is 5.32 Å². The van der Waals surface area contributed by atoms with E-state index in [1.807, 2.05) is 13.8 Å². The van der Waals surface area contributed by atoms with Crippen molar-refractivity contribution in [2.24, 2.45) is 34.5 Å². The summed E-state index contributed by atoms with van der Waals surface area (Å²) in [5.41, 5.74) is 0.478. The summed E-state index contributed by atoms with van der Waals surface area (Å²) in [4.78, 5) is 12.4. The lowest BCUT2D eigenvalue weighted by molar-refractivity contribution is -0.145. The van der Waals surface area contributed by atoms with Gasteiger partial charge in [0.05, 0.1) is 6.10 Å². The molecular formula is C19H33NO2. The van der Waals surface area contributed by atoms with Gasteiger partial charge in [-0.2, -0.15) is 0 Å². The van der Waals surface area contributed by atoms with Crippen molar-refractivity contribution in [3.05, 3.63) is 0 Å². The maximum Gasteiger partial charge on any atom is 0.222 e. The predicted molar refractivity (Wildman–Crippen MR) is 88.4 cm³/mol. The number of fused-ring (bicyclic) bond motifs is 1. The second-order valence-electron chi connectivity index (χ2n) is 9.22.